The number of carbonyl (C=O) groups excluding carboxylic acids is 1. The van der Waals surface area contributed by atoms with Gasteiger partial charge in [0.2, 0.25) is 0 Å². The Bertz CT molecular complexity index is 717. The van der Waals surface area contributed by atoms with E-state index >= 15 is 0 Å². The summed E-state index contributed by atoms with van der Waals surface area (Å²) in [5, 5.41) is 2.91. The zero-order chi connectivity index (χ0) is 18.2. The molecule has 0 aromatic heterocycles. The fourth-order valence-electron chi connectivity index (χ4n) is 2.70. The fourth-order valence-corrected chi connectivity index (χ4v) is 3.19. The first-order valence-corrected chi connectivity index (χ1v) is 9.51. The lowest BCUT2D eigenvalue weighted by Gasteiger charge is -2.12. The molecule has 26 heavy (non-hydrogen) atoms. The molecule has 0 radical (unpaired) electrons. The number of halogens is 1. The lowest BCUT2D eigenvalue weighted by Crippen LogP contribution is -2.31. The van der Waals surface area contributed by atoms with Gasteiger partial charge in [-0.05, 0) is 59.1 Å². The molecule has 0 saturated carbocycles. The van der Waals surface area contributed by atoms with E-state index in [9.17, 15) is 4.79 Å². The van der Waals surface area contributed by atoms with Crippen LogP contribution in [0.15, 0.2) is 53.0 Å². The van der Waals surface area contributed by atoms with Crippen LogP contribution in [0, 0.1) is 0 Å². The van der Waals surface area contributed by atoms with Crippen LogP contribution in [0.5, 0.6) is 11.5 Å². The van der Waals surface area contributed by atoms with Crippen LogP contribution in [-0.4, -0.2) is 38.4 Å². The molecule has 2 aromatic rings. The van der Waals surface area contributed by atoms with Crippen molar-refractivity contribution in [1.29, 1.82) is 0 Å². The molecular formula is C20H22BrNO4. The minimum atomic E-state index is -0.111. The summed E-state index contributed by atoms with van der Waals surface area (Å²) >= 11 is 3.46. The average Bonchev–Trinajstić information content (AvgIpc) is 3.19. The SMILES string of the molecule is O=C(NCC1CCCO1)c1ccc(OCCOc2ccccc2)c(Br)c1. The van der Waals surface area contributed by atoms with Crippen LogP contribution in [-0.2, 0) is 4.74 Å². The third-order valence-electron chi connectivity index (χ3n) is 4.06. The van der Waals surface area contributed by atoms with E-state index < -0.39 is 0 Å². The van der Waals surface area contributed by atoms with E-state index in [1.54, 1.807) is 18.2 Å². The van der Waals surface area contributed by atoms with Gasteiger partial charge in [-0.1, -0.05) is 18.2 Å². The van der Waals surface area contributed by atoms with Gasteiger partial charge < -0.3 is 19.5 Å². The van der Waals surface area contributed by atoms with E-state index in [0.717, 1.165) is 29.7 Å². The normalized spacial score (nSPS) is 16.3. The highest BCUT2D eigenvalue weighted by molar-refractivity contribution is 9.10. The van der Waals surface area contributed by atoms with Crippen LogP contribution in [0.4, 0.5) is 0 Å². The van der Waals surface area contributed by atoms with E-state index in [2.05, 4.69) is 21.2 Å². The first-order chi connectivity index (χ1) is 12.7. The molecule has 2 aromatic carbocycles. The molecular weight excluding hydrogens is 398 g/mol. The lowest BCUT2D eigenvalue weighted by atomic mass is 10.2. The minimum Gasteiger partial charge on any atom is -0.490 e. The second-order valence-corrected chi connectivity index (χ2v) is 6.85. The van der Waals surface area contributed by atoms with Gasteiger partial charge in [-0.25, -0.2) is 0 Å². The molecule has 1 fully saturated rings. The number of para-hydroxylation sites is 1. The zero-order valence-corrected chi connectivity index (χ0v) is 16.0. The number of amides is 1. The van der Waals surface area contributed by atoms with Crippen LogP contribution >= 0.6 is 15.9 Å². The quantitative estimate of drug-likeness (QED) is 0.660. The van der Waals surface area contributed by atoms with Gasteiger partial charge >= 0.3 is 0 Å². The summed E-state index contributed by atoms with van der Waals surface area (Å²) in [6.07, 6.45) is 2.20. The molecule has 3 rings (SSSR count). The van der Waals surface area contributed by atoms with E-state index in [4.69, 9.17) is 14.2 Å². The van der Waals surface area contributed by atoms with Gasteiger partial charge in [0, 0.05) is 18.7 Å². The monoisotopic (exact) mass is 419 g/mol. The highest BCUT2D eigenvalue weighted by atomic mass is 79.9. The Morgan fingerprint density at radius 2 is 1.96 bits per heavy atom. The largest absolute Gasteiger partial charge is 0.490 e. The van der Waals surface area contributed by atoms with Crippen molar-refractivity contribution in [3.05, 3.63) is 58.6 Å². The topological polar surface area (TPSA) is 56.8 Å². The number of carbonyl (C=O) groups is 1. The molecule has 1 unspecified atom stereocenters. The Balaban J connectivity index is 1.45. The summed E-state index contributed by atoms with van der Waals surface area (Å²) < 4.78 is 17.6. The summed E-state index contributed by atoms with van der Waals surface area (Å²) in [5.41, 5.74) is 0.586. The van der Waals surface area contributed by atoms with Crippen molar-refractivity contribution < 1.29 is 19.0 Å². The van der Waals surface area contributed by atoms with Crippen molar-refractivity contribution in [2.24, 2.45) is 0 Å². The average molecular weight is 420 g/mol. The highest BCUT2D eigenvalue weighted by Gasteiger charge is 2.17. The van der Waals surface area contributed by atoms with Gasteiger partial charge in [-0.2, -0.15) is 0 Å². The van der Waals surface area contributed by atoms with E-state index in [1.807, 2.05) is 30.3 Å². The van der Waals surface area contributed by atoms with Crippen LogP contribution in [0.2, 0.25) is 0 Å². The van der Waals surface area contributed by atoms with Gasteiger partial charge in [0.25, 0.3) is 5.91 Å². The van der Waals surface area contributed by atoms with Crippen LogP contribution in [0.25, 0.3) is 0 Å². The standard InChI is InChI=1S/C20H22BrNO4/c21-18-13-15(20(23)22-14-17-7-4-10-24-17)8-9-19(18)26-12-11-25-16-5-2-1-3-6-16/h1-3,5-6,8-9,13,17H,4,7,10-12,14H2,(H,22,23). The molecule has 0 bridgehead atoms. The van der Waals surface area contributed by atoms with Crippen LogP contribution in [0.1, 0.15) is 23.2 Å². The maximum Gasteiger partial charge on any atom is 0.251 e. The predicted octanol–water partition coefficient (Wildman–Crippen LogP) is 3.82. The van der Waals surface area contributed by atoms with E-state index in [0.29, 0.717) is 31.1 Å². The highest BCUT2D eigenvalue weighted by Crippen LogP contribution is 2.26. The van der Waals surface area contributed by atoms with Crippen molar-refractivity contribution >= 4 is 21.8 Å². The van der Waals surface area contributed by atoms with Gasteiger partial charge in [0.15, 0.2) is 0 Å². The lowest BCUT2D eigenvalue weighted by molar-refractivity contribution is 0.0857. The van der Waals surface area contributed by atoms with Gasteiger partial charge in [0.05, 0.1) is 10.6 Å². The summed E-state index contributed by atoms with van der Waals surface area (Å²) in [5.74, 6) is 1.38. The summed E-state index contributed by atoms with van der Waals surface area (Å²) in [7, 11) is 0. The van der Waals surface area contributed by atoms with Gasteiger partial charge in [-0.15, -0.1) is 0 Å². The Kier molecular flexibility index (Phi) is 6.91. The fraction of sp³-hybridized carbons (Fsp3) is 0.350. The molecule has 1 saturated heterocycles. The van der Waals surface area contributed by atoms with Crippen molar-refractivity contribution in [3.63, 3.8) is 0 Å². The zero-order valence-electron chi connectivity index (χ0n) is 14.4. The van der Waals surface area contributed by atoms with E-state index in [1.165, 1.54) is 0 Å². The molecule has 1 aliphatic heterocycles. The molecule has 1 N–H and O–H groups in total. The van der Waals surface area contributed by atoms with Gasteiger partial charge in [-0.3, -0.25) is 4.79 Å². The maximum absolute atomic E-state index is 12.2. The predicted molar refractivity (Wildman–Crippen MR) is 103 cm³/mol. The number of hydrogen-bond donors (Lipinski definition) is 1. The van der Waals surface area contributed by atoms with Crippen LogP contribution in [0.3, 0.4) is 0 Å². The molecule has 0 spiro atoms. The molecule has 138 valence electrons. The second kappa shape index (κ2) is 9.59. The number of benzene rings is 2. The summed E-state index contributed by atoms with van der Waals surface area (Å²) in [4.78, 5) is 12.2. The molecule has 5 nitrogen and oxygen atoms in total. The maximum atomic E-state index is 12.2. The van der Waals surface area contributed by atoms with Gasteiger partial charge in [0.1, 0.15) is 24.7 Å². The van der Waals surface area contributed by atoms with Crippen molar-refractivity contribution in [1.82, 2.24) is 5.32 Å². The molecule has 0 aliphatic carbocycles. The van der Waals surface area contributed by atoms with Crippen molar-refractivity contribution in [2.75, 3.05) is 26.4 Å². The molecule has 1 amide bonds. The number of rotatable bonds is 8. The third kappa shape index (κ3) is 5.47. The van der Waals surface area contributed by atoms with E-state index in [-0.39, 0.29) is 12.0 Å². The first kappa shape index (κ1) is 18.7. The van der Waals surface area contributed by atoms with Crippen LogP contribution < -0.4 is 14.8 Å². The Morgan fingerprint density at radius 3 is 2.69 bits per heavy atom. The Morgan fingerprint density at radius 1 is 1.15 bits per heavy atom. The van der Waals surface area contributed by atoms with Crippen molar-refractivity contribution in [2.45, 2.75) is 18.9 Å². The number of ether oxygens (including phenoxy) is 3. The molecule has 1 heterocycles. The first-order valence-electron chi connectivity index (χ1n) is 8.72. The van der Waals surface area contributed by atoms with Crippen molar-refractivity contribution in [3.8, 4) is 11.5 Å². The third-order valence-corrected chi connectivity index (χ3v) is 4.68. The minimum absolute atomic E-state index is 0.111. The summed E-state index contributed by atoms with van der Waals surface area (Å²) in [6, 6.07) is 14.9. The summed E-state index contributed by atoms with van der Waals surface area (Å²) in [6.45, 7) is 2.19. The number of nitrogens with one attached hydrogen (secondary N) is 1. The Labute approximate surface area is 161 Å². The molecule has 1 aliphatic rings. The second-order valence-electron chi connectivity index (χ2n) is 6.00. The molecule has 6 heteroatoms. The number of hydrogen-bond acceptors (Lipinski definition) is 4. The Hall–Kier alpha value is -2.05. The molecule has 1 atom stereocenters. The smallest absolute Gasteiger partial charge is 0.251 e.